The van der Waals surface area contributed by atoms with Crippen LogP contribution in [0.25, 0.3) is 33.0 Å². The Balaban J connectivity index is 2.03. The molecule has 2 heterocycles. The number of nitrogens with zero attached hydrogens (tertiary/aromatic N) is 5. The van der Waals surface area contributed by atoms with Crippen molar-refractivity contribution in [1.29, 1.82) is 0 Å². The number of para-hydroxylation sites is 1. The Labute approximate surface area is 174 Å². The van der Waals surface area contributed by atoms with Crippen molar-refractivity contribution in [3.05, 3.63) is 101 Å². The van der Waals surface area contributed by atoms with Gasteiger partial charge >= 0.3 is 0 Å². The summed E-state index contributed by atoms with van der Waals surface area (Å²) in [7, 11) is 3.90. The minimum absolute atomic E-state index is 0.207. The third kappa shape index (κ3) is 3.56. The first kappa shape index (κ1) is 19.1. The van der Waals surface area contributed by atoms with Crippen LogP contribution in [0.3, 0.4) is 0 Å². The molecule has 6 heteroatoms. The maximum absolute atomic E-state index is 13.5. The molecule has 0 aliphatic carbocycles. The third-order valence-corrected chi connectivity index (χ3v) is 4.78. The molecular weight excluding hydrogens is 374 g/mol. The van der Waals surface area contributed by atoms with E-state index in [2.05, 4.69) is 14.8 Å². The maximum atomic E-state index is 13.5. The summed E-state index contributed by atoms with van der Waals surface area (Å²) in [5.74, 6) is 0.511. The van der Waals surface area contributed by atoms with E-state index in [-0.39, 0.29) is 5.56 Å². The van der Waals surface area contributed by atoms with Gasteiger partial charge in [0.2, 0.25) is 0 Å². The van der Waals surface area contributed by atoms with Gasteiger partial charge in [-0.1, -0.05) is 30.3 Å². The second-order valence-corrected chi connectivity index (χ2v) is 6.93. The summed E-state index contributed by atoms with van der Waals surface area (Å²) in [5, 5.41) is 0. The lowest BCUT2D eigenvalue weighted by atomic mass is 10.0. The molecule has 0 N–H and O–H groups in total. The van der Waals surface area contributed by atoms with Gasteiger partial charge in [0.05, 0.1) is 12.3 Å². The molecule has 4 rings (SSSR count). The fraction of sp³-hybridized carbons (Fsp3) is 0.0833. The summed E-state index contributed by atoms with van der Waals surface area (Å²) in [6.45, 7) is 7.50. The highest BCUT2D eigenvalue weighted by atomic mass is 16.1. The number of aromatic nitrogens is 3. The first-order chi connectivity index (χ1) is 14.6. The largest absolute Gasteiger partial charge is 0.378 e. The Kier molecular flexibility index (Phi) is 5.10. The van der Waals surface area contributed by atoms with Crippen molar-refractivity contribution in [3.8, 4) is 28.2 Å². The van der Waals surface area contributed by atoms with Crippen molar-refractivity contribution in [2.24, 2.45) is 0 Å². The molecule has 0 spiro atoms. The van der Waals surface area contributed by atoms with Crippen LogP contribution in [0.15, 0.2) is 84.0 Å². The Morgan fingerprint density at radius 3 is 2.43 bits per heavy atom. The summed E-state index contributed by atoms with van der Waals surface area (Å²) < 4.78 is 1.59. The van der Waals surface area contributed by atoms with Crippen molar-refractivity contribution in [2.45, 2.75) is 0 Å². The van der Waals surface area contributed by atoms with Gasteiger partial charge in [-0.25, -0.2) is 14.8 Å². The smallest absolute Gasteiger partial charge is 0.261 e. The van der Waals surface area contributed by atoms with Crippen LogP contribution in [0.5, 0.6) is 0 Å². The van der Waals surface area contributed by atoms with Gasteiger partial charge in [0, 0.05) is 49.5 Å². The van der Waals surface area contributed by atoms with E-state index in [9.17, 15) is 4.79 Å². The molecule has 30 heavy (non-hydrogen) atoms. The van der Waals surface area contributed by atoms with Crippen molar-refractivity contribution >= 4 is 11.4 Å². The van der Waals surface area contributed by atoms with E-state index >= 15 is 0 Å². The first-order valence-electron chi connectivity index (χ1n) is 9.37. The molecule has 0 radical (unpaired) electrons. The molecule has 0 aliphatic rings. The van der Waals surface area contributed by atoms with Crippen LogP contribution in [0.1, 0.15) is 0 Å². The van der Waals surface area contributed by atoms with Crippen LogP contribution >= 0.6 is 0 Å². The zero-order chi connectivity index (χ0) is 21.1. The molecular formula is C24H19N5O. The monoisotopic (exact) mass is 393 g/mol. The average Bonchev–Trinajstić information content (AvgIpc) is 2.80. The van der Waals surface area contributed by atoms with Crippen LogP contribution in [0.4, 0.5) is 11.4 Å². The molecule has 0 fully saturated rings. The SMILES string of the molecule is [C-]#[N+]c1ccccc1-c1cc(-c2ncccn2)cn(-c2cccc(N(C)C)c2)c1=O. The van der Waals surface area contributed by atoms with Crippen molar-refractivity contribution in [1.82, 2.24) is 14.5 Å². The summed E-state index contributed by atoms with van der Waals surface area (Å²) >= 11 is 0. The van der Waals surface area contributed by atoms with Gasteiger partial charge in [-0.05, 0) is 35.9 Å². The lowest BCUT2D eigenvalue weighted by Gasteiger charge is -2.16. The fourth-order valence-corrected chi connectivity index (χ4v) is 3.26. The van der Waals surface area contributed by atoms with Gasteiger partial charge in [-0.3, -0.25) is 9.36 Å². The summed E-state index contributed by atoms with van der Waals surface area (Å²) in [5.41, 5.74) is 3.64. The van der Waals surface area contributed by atoms with Gasteiger partial charge in [0.1, 0.15) is 0 Å². The van der Waals surface area contributed by atoms with Crippen LogP contribution in [0.2, 0.25) is 0 Å². The van der Waals surface area contributed by atoms with Crippen molar-refractivity contribution in [3.63, 3.8) is 0 Å². The average molecular weight is 393 g/mol. The molecule has 2 aromatic heterocycles. The standard InChI is InChI=1S/C24H19N5O/c1-25-22-11-5-4-10-20(22)21-14-17(23-26-12-7-13-27-23)16-29(24(21)30)19-9-6-8-18(15-19)28(2)3/h4-16H,2-3H3. The molecule has 0 atom stereocenters. The molecule has 0 amide bonds. The lowest BCUT2D eigenvalue weighted by molar-refractivity contribution is 0.985. The second-order valence-electron chi connectivity index (χ2n) is 6.93. The summed E-state index contributed by atoms with van der Waals surface area (Å²) in [6, 6.07) is 18.3. The molecule has 0 bridgehead atoms. The number of anilines is 1. The molecule has 0 unspecified atom stereocenters. The van der Waals surface area contributed by atoms with Gasteiger partial charge in [0.15, 0.2) is 11.5 Å². The molecule has 2 aromatic carbocycles. The molecule has 146 valence electrons. The van der Waals surface area contributed by atoms with Crippen LogP contribution in [-0.2, 0) is 0 Å². The van der Waals surface area contributed by atoms with Gasteiger partial charge < -0.3 is 4.90 Å². The summed E-state index contributed by atoms with van der Waals surface area (Å²) in [4.78, 5) is 27.8. The predicted molar refractivity (Wildman–Crippen MR) is 119 cm³/mol. The lowest BCUT2D eigenvalue weighted by Crippen LogP contribution is -2.20. The highest BCUT2D eigenvalue weighted by Crippen LogP contribution is 2.30. The van der Waals surface area contributed by atoms with Crippen molar-refractivity contribution < 1.29 is 0 Å². The van der Waals surface area contributed by atoms with Crippen LogP contribution in [0, 0.1) is 6.57 Å². The highest BCUT2D eigenvalue weighted by Gasteiger charge is 2.15. The Bertz CT molecular complexity index is 1300. The topological polar surface area (TPSA) is 55.4 Å². The number of hydrogen-bond donors (Lipinski definition) is 0. The molecule has 4 aromatic rings. The normalized spacial score (nSPS) is 10.4. The molecule has 0 saturated heterocycles. The van der Waals surface area contributed by atoms with E-state index in [4.69, 9.17) is 6.57 Å². The summed E-state index contributed by atoms with van der Waals surface area (Å²) in [6.07, 6.45) is 5.07. The van der Waals surface area contributed by atoms with E-state index < -0.39 is 0 Å². The van der Waals surface area contributed by atoms with E-state index in [1.54, 1.807) is 53.5 Å². The molecule has 0 saturated carbocycles. The van der Waals surface area contributed by atoms with Crippen molar-refractivity contribution in [2.75, 3.05) is 19.0 Å². The van der Waals surface area contributed by atoms with Gasteiger partial charge in [0.25, 0.3) is 5.56 Å². The molecule has 6 nitrogen and oxygen atoms in total. The number of rotatable bonds is 4. The van der Waals surface area contributed by atoms with Gasteiger partial charge in [-0.15, -0.1) is 0 Å². The van der Waals surface area contributed by atoms with E-state index in [0.29, 0.717) is 28.2 Å². The number of benzene rings is 2. The number of pyridine rings is 1. The maximum Gasteiger partial charge on any atom is 0.261 e. The Morgan fingerprint density at radius 1 is 0.933 bits per heavy atom. The highest BCUT2D eigenvalue weighted by molar-refractivity contribution is 5.80. The third-order valence-electron chi connectivity index (χ3n) is 4.78. The van der Waals surface area contributed by atoms with E-state index in [1.807, 2.05) is 49.3 Å². The minimum Gasteiger partial charge on any atom is -0.378 e. The fourth-order valence-electron chi connectivity index (χ4n) is 3.26. The quantitative estimate of drug-likeness (QED) is 0.476. The van der Waals surface area contributed by atoms with Crippen LogP contribution in [-0.4, -0.2) is 28.6 Å². The number of hydrogen-bond acceptors (Lipinski definition) is 4. The van der Waals surface area contributed by atoms with E-state index in [1.165, 1.54) is 0 Å². The zero-order valence-corrected chi connectivity index (χ0v) is 16.6. The zero-order valence-electron chi connectivity index (χ0n) is 16.6. The first-order valence-corrected chi connectivity index (χ1v) is 9.37. The van der Waals surface area contributed by atoms with Crippen LogP contribution < -0.4 is 10.5 Å². The Morgan fingerprint density at radius 2 is 1.70 bits per heavy atom. The minimum atomic E-state index is -0.207. The second kappa shape index (κ2) is 8.02. The molecule has 0 aliphatic heterocycles. The van der Waals surface area contributed by atoms with Gasteiger partial charge in [-0.2, -0.15) is 0 Å². The predicted octanol–water partition coefficient (Wildman–Crippen LogP) is 4.58. The van der Waals surface area contributed by atoms with E-state index in [0.717, 1.165) is 11.4 Å². The Hall–Kier alpha value is -4.24.